The summed E-state index contributed by atoms with van der Waals surface area (Å²) in [6.45, 7) is 3.33. The number of benzene rings is 1. The van der Waals surface area contributed by atoms with Gasteiger partial charge in [-0.25, -0.2) is 0 Å². The molecule has 1 aliphatic carbocycles. The molecular formula is C16H24N2O2. The van der Waals surface area contributed by atoms with E-state index < -0.39 is 0 Å². The first kappa shape index (κ1) is 13.7. The van der Waals surface area contributed by atoms with Crippen molar-refractivity contribution >= 4 is 5.69 Å². The molecule has 3 rings (SSSR count). The topological polar surface area (TPSA) is 44.7 Å². The van der Waals surface area contributed by atoms with Crippen molar-refractivity contribution in [3.8, 4) is 5.75 Å². The molecule has 1 aliphatic heterocycles. The molecule has 110 valence electrons. The highest BCUT2D eigenvalue weighted by Gasteiger charge is 2.47. The van der Waals surface area contributed by atoms with Gasteiger partial charge in [0.15, 0.2) is 0 Å². The summed E-state index contributed by atoms with van der Waals surface area (Å²) in [6.07, 6.45) is 3.58. The number of hydrogen-bond donors (Lipinski definition) is 2. The van der Waals surface area contributed by atoms with Crippen molar-refractivity contribution in [2.24, 2.45) is 0 Å². The Kier molecular flexibility index (Phi) is 3.61. The molecule has 0 aromatic heterocycles. The fourth-order valence-corrected chi connectivity index (χ4v) is 3.43. The van der Waals surface area contributed by atoms with Crippen molar-refractivity contribution in [3.63, 3.8) is 0 Å². The second-order valence-electron chi connectivity index (χ2n) is 6.22. The van der Waals surface area contributed by atoms with Gasteiger partial charge in [0.25, 0.3) is 0 Å². The molecule has 2 aliphatic rings. The number of methoxy groups -OCH3 is 1. The van der Waals surface area contributed by atoms with Crippen LogP contribution in [0.3, 0.4) is 0 Å². The molecule has 0 bridgehead atoms. The van der Waals surface area contributed by atoms with E-state index in [1.165, 1.54) is 12.8 Å². The SMILES string of the molecule is COc1ccccc1NC1(CO)CC(C)N(C2CC2)C1. The second kappa shape index (κ2) is 5.26. The second-order valence-corrected chi connectivity index (χ2v) is 6.22. The number of rotatable bonds is 5. The van der Waals surface area contributed by atoms with E-state index in [-0.39, 0.29) is 12.1 Å². The van der Waals surface area contributed by atoms with E-state index in [0.29, 0.717) is 6.04 Å². The van der Waals surface area contributed by atoms with Gasteiger partial charge in [0.1, 0.15) is 5.75 Å². The van der Waals surface area contributed by atoms with Gasteiger partial charge in [-0.2, -0.15) is 0 Å². The zero-order valence-corrected chi connectivity index (χ0v) is 12.3. The van der Waals surface area contributed by atoms with Crippen molar-refractivity contribution in [2.45, 2.75) is 43.8 Å². The van der Waals surface area contributed by atoms with Crippen LogP contribution in [0, 0.1) is 0 Å². The number of nitrogens with zero attached hydrogens (tertiary/aromatic N) is 1. The molecule has 1 saturated carbocycles. The van der Waals surface area contributed by atoms with Crippen molar-refractivity contribution in [2.75, 3.05) is 25.6 Å². The van der Waals surface area contributed by atoms with E-state index in [1.54, 1.807) is 7.11 Å². The van der Waals surface area contributed by atoms with E-state index in [9.17, 15) is 5.11 Å². The summed E-state index contributed by atoms with van der Waals surface area (Å²) >= 11 is 0. The summed E-state index contributed by atoms with van der Waals surface area (Å²) in [4.78, 5) is 2.54. The molecule has 0 amide bonds. The first-order valence-corrected chi connectivity index (χ1v) is 7.45. The van der Waals surface area contributed by atoms with Crippen molar-refractivity contribution in [3.05, 3.63) is 24.3 Å². The average molecular weight is 276 g/mol. The Balaban J connectivity index is 1.79. The van der Waals surface area contributed by atoms with Crippen LogP contribution in [0.5, 0.6) is 5.75 Å². The molecule has 2 N–H and O–H groups in total. The number of aliphatic hydroxyl groups is 1. The molecule has 4 nitrogen and oxygen atoms in total. The van der Waals surface area contributed by atoms with Crippen LogP contribution in [0.4, 0.5) is 5.69 Å². The van der Waals surface area contributed by atoms with Crippen LogP contribution >= 0.6 is 0 Å². The third kappa shape index (κ3) is 2.50. The first-order chi connectivity index (χ1) is 9.67. The molecule has 0 spiro atoms. The predicted molar refractivity (Wildman–Crippen MR) is 80.2 cm³/mol. The van der Waals surface area contributed by atoms with Crippen LogP contribution in [-0.4, -0.2) is 47.9 Å². The third-order valence-corrected chi connectivity index (χ3v) is 4.56. The van der Waals surface area contributed by atoms with Crippen molar-refractivity contribution in [1.29, 1.82) is 0 Å². The van der Waals surface area contributed by atoms with Gasteiger partial charge in [0.05, 0.1) is 24.9 Å². The summed E-state index contributed by atoms with van der Waals surface area (Å²) in [7, 11) is 1.68. The van der Waals surface area contributed by atoms with Crippen molar-refractivity contribution < 1.29 is 9.84 Å². The van der Waals surface area contributed by atoms with Crippen LogP contribution in [0.1, 0.15) is 26.2 Å². The van der Waals surface area contributed by atoms with Crippen LogP contribution in [0.15, 0.2) is 24.3 Å². The summed E-state index contributed by atoms with van der Waals surface area (Å²) in [5.74, 6) is 0.831. The molecule has 1 aromatic rings. The number of aliphatic hydroxyl groups excluding tert-OH is 1. The summed E-state index contributed by atoms with van der Waals surface area (Å²) in [6, 6.07) is 9.18. The van der Waals surface area contributed by atoms with Crippen LogP contribution in [0.25, 0.3) is 0 Å². The predicted octanol–water partition coefficient (Wildman–Crippen LogP) is 2.09. The average Bonchev–Trinajstić information content (AvgIpc) is 3.25. The zero-order valence-electron chi connectivity index (χ0n) is 12.3. The molecule has 1 aromatic carbocycles. The maximum atomic E-state index is 9.95. The maximum absolute atomic E-state index is 9.95. The van der Waals surface area contributed by atoms with Crippen LogP contribution < -0.4 is 10.1 Å². The molecule has 1 heterocycles. The third-order valence-electron chi connectivity index (χ3n) is 4.56. The van der Waals surface area contributed by atoms with E-state index >= 15 is 0 Å². The Morgan fingerprint density at radius 3 is 2.80 bits per heavy atom. The van der Waals surface area contributed by atoms with E-state index in [0.717, 1.165) is 30.4 Å². The van der Waals surface area contributed by atoms with Gasteiger partial charge in [-0.1, -0.05) is 12.1 Å². The lowest BCUT2D eigenvalue weighted by Crippen LogP contribution is -2.45. The van der Waals surface area contributed by atoms with E-state index in [2.05, 4.69) is 17.1 Å². The highest BCUT2D eigenvalue weighted by atomic mass is 16.5. The molecule has 20 heavy (non-hydrogen) atoms. The Hall–Kier alpha value is -1.26. The van der Waals surface area contributed by atoms with Gasteiger partial charge in [-0.3, -0.25) is 4.90 Å². The van der Waals surface area contributed by atoms with Gasteiger partial charge in [-0.15, -0.1) is 0 Å². The molecule has 2 fully saturated rings. The Morgan fingerprint density at radius 2 is 2.15 bits per heavy atom. The lowest BCUT2D eigenvalue weighted by molar-refractivity contribution is 0.201. The minimum Gasteiger partial charge on any atom is -0.495 e. The quantitative estimate of drug-likeness (QED) is 0.864. The molecule has 2 unspecified atom stereocenters. The van der Waals surface area contributed by atoms with Gasteiger partial charge in [0, 0.05) is 18.6 Å². The highest BCUT2D eigenvalue weighted by molar-refractivity contribution is 5.58. The summed E-state index contributed by atoms with van der Waals surface area (Å²) in [5.41, 5.74) is 0.713. The number of hydrogen-bond acceptors (Lipinski definition) is 4. The zero-order chi connectivity index (χ0) is 14.2. The van der Waals surface area contributed by atoms with Gasteiger partial charge in [0.2, 0.25) is 0 Å². The van der Waals surface area contributed by atoms with Crippen LogP contribution in [0.2, 0.25) is 0 Å². The first-order valence-electron chi connectivity index (χ1n) is 7.45. The minimum atomic E-state index is -0.253. The standard InChI is InChI=1S/C16H24N2O2/c1-12-9-16(11-19,10-18(12)13-7-8-13)17-14-5-3-4-6-15(14)20-2/h3-6,12-13,17,19H,7-11H2,1-2H3. The van der Waals surface area contributed by atoms with Gasteiger partial charge in [-0.05, 0) is 38.3 Å². The lowest BCUT2D eigenvalue weighted by atomic mass is 9.96. The molecule has 2 atom stereocenters. The fraction of sp³-hybridized carbons (Fsp3) is 0.625. The Labute approximate surface area is 120 Å². The summed E-state index contributed by atoms with van der Waals surface area (Å²) < 4.78 is 5.40. The minimum absolute atomic E-state index is 0.151. The van der Waals surface area contributed by atoms with Gasteiger partial charge >= 0.3 is 0 Å². The van der Waals surface area contributed by atoms with E-state index in [1.807, 2.05) is 24.3 Å². The number of likely N-dealkylation sites (tertiary alicyclic amines) is 1. The normalized spacial score (nSPS) is 30.4. The van der Waals surface area contributed by atoms with E-state index in [4.69, 9.17) is 4.74 Å². The number of para-hydroxylation sites is 2. The largest absolute Gasteiger partial charge is 0.495 e. The summed E-state index contributed by atoms with van der Waals surface area (Å²) in [5, 5.41) is 13.5. The lowest BCUT2D eigenvalue weighted by Gasteiger charge is -2.30. The molecule has 1 saturated heterocycles. The van der Waals surface area contributed by atoms with Crippen molar-refractivity contribution in [1.82, 2.24) is 4.90 Å². The van der Waals surface area contributed by atoms with Gasteiger partial charge < -0.3 is 15.2 Å². The smallest absolute Gasteiger partial charge is 0.141 e. The maximum Gasteiger partial charge on any atom is 0.141 e. The molecular weight excluding hydrogens is 252 g/mol. The molecule has 0 radical (unpaired) electrons. The number of nitrogens with one attached hydrogen (secondary N) is 1. The Bertz CT molecular complexity index is 475. The monoisotopic (exact) mass is 276 g/mol. The Morgan fingerprint density at radius 1 is 1.40 bits per heavy atom. The number of anilines is 1. The van der Waals surface area contributed by atoms with Crippen LogP contribution in [-0.2, 0) is 0 Å². The fourth-order valence-electron chi connectivity index (χ4n) is 3.43. The molecule has 4 heteroatoms. The highest BCUT2D eigenvalue weighted by Crippen LogP contribution is 2.39. The number of ether oxygens (including phenoxy) is 1.